The molecule has 118 valence electrons. The van der Waals surface area contributed by atoms with Gasteiger partial charge in [0.2, 0.25) is 0 Å². The summed E-state index contributed by atoms with van der Waals surface area (Å²) in [5.41, 5.74) is 0. The summed E-state index contributed by atoms with van der Waals surface area (Å²) >= 11 is 0. The van der Waals surface area contributed by atoms with Crippen molar-refractivity contribution in [2.45, 2.75) is 50.7 Å². The molecule has 1 amide bonds. The zero-order valence-electron chi connectivity index (χ0n) is 12.7. The highest BCUT2D eigenvalue weighted by Crippen LogP contribution is 2.36. The molecular weight excluding hydrogens is 268 g/mol. The zero-order chi connectivity index (χ0) is 14.2. The highest BCUT2D eigenvalue weighted by molar-refractivity contribution is 5.80. The van der Waals surface area contributed by atoms with E-state index in [1.165, 1.54) is 32.4 Å². The molecule has 4 aliphatic rings. The molecule has 4 fully saturated rings. The van der Waals surface area contributed by atoms with Gasteiger partial charge < -0.3 is 9.64 Å². The second-order valence-corrected chi connectivity index (χ2v) is 7.13. The van der Waals surface area contributed by atoms with Crippen molar-refractivity contribution < 1.29 is 14.4 Å². The molecule has 4 rings (SSSR count). The van der Waals surface area contributed by atoms with E-state index in [4.69, 9.17) is 9.57 Å². The Morgan fingerprint density at radius 2 is 2.05 bits per heavy atom. The number of hydroxylamine groups is 2. The Balaban J connectivity index is 1.32. The molecule has 3 aliphatic heterocycles. The second-order valence-electron chi connectivity index (χ2n) is 7.13. The lowest BCUT2D eigenvalue weighted by Crippen LogP contribution is -2.44. The Kier molecular flexibility index (Phi) is 3.90. The summed E-state index contributed by atoms with van der Waals surface area (Å²) in [6.07, 6.45) is 6.97. The molecule has 5 heteroatoms. The number of carbonyl (C=O) groups is 1. The summed E-state index contributed by atoms with van der Waals surface area (Å²) in [5.74, 6) is 1.55. The fourth-order valence-corrected chi connectivity index (χ4v) is 3.92. The van der Waals surface area contributed by atoms with E-state index < -0.39 is 0 Å². The minimum absolute atomic E-state index is 0.0536. The van der Waals surface area contributed by atoms with E-state index in [-0.39, 0.29) is 18.1 Å². The standard InChI is InChI=1S/C16H26N2O3/c19-16(18-6-1-2-8-20-18)14-9-13-5-7-17(10-12-3-4-12)11-15(13)21-14/h12-15H,1-11H2/t13-,14+,15+/m1/s1. The highest BCUT2D eigenvalue weighted by Gasteiger charge is 2.44. The minimum atomic E-state index is -0.265. The maximum Gasteiger partial charge on any atom is 0.275 e. The lowest BCUT2D eigenvalue weighted by molar-refractivity contribution is -0.206. The summed E-state index contributed by atoms with van der Waals surface area (Å²) in [7, 11) is 0. The lowest BCUT2D eigenvalue weighted by Gasteiger charge is -2.34. The monoisotopic (exact) mass is 294 g/mol. The van der Waals surface area contributed by atoms with Crippen LogP contribution in [-0.2, 0) is 14.4 Å². The van der Waals surface area contributed by atoms with Crippen LogP contribution in [0.2, 0.25) is 0 Å². The van der Waals surface area contributed by atoms with Gasteiger partial charge >= 0.3 is 0 Å². The molecule has 3 atom stereocenters. The van der Waals surface area contributed by atoms with Crippen LogP contribution in [0.3, 0.4) is 0 Å². The first-order valence-electron chi connectivity index (χ1n) is 8.62. The van der Waals surface area contributed by atoms with Gasteiger partial charge in [0.15, 0.2) is 0 Å². The fraction of sp³-hybridized carbons (Fsp3) is 0.938. The summed E-state index contributed by atoms with van der Waals surface area (Å²) < 4.78 is 6.10. The van der Waals surface area contributed by atoms with Crippen molar-refractivity contribution in [2.24, 2.45) is 11.8 Å². The fourth-order valence-electron chi connectivity index (χ4n) is 3.92. The third kappa shape index (κ3) is 3.10. The van der Waals surface area contributed by atoms with Gasteiger partial charge in [0, 0.05) is 19.6 Å². The first-order valence-corrected chi connectivity index (χ1v) is 8.62. The van der Waals surface area contributed by atoms with Crippen molar-refractivity contribution in [3.05, 3.63) is 0 Å². The van der Waals surface area contributed by atoms with Gasteiger partial charge in [-0.2, -0.15) is 0 Å². The Hall–Kier alpha value is -0.650. The topological polar surface area (TPSA) is 42.0 Å². The average Bonchev–Trinajstić information content (AvgIpc) is 3.23. The molecule has 3 heterocycles. The van der Waals surface area contributed by atoms with Crippen molar-refractivity contribution in [3.8, 4) is 0 Å². The Morgan fingerprint density at radius 3 is 2.81 bits per heavy atom. The number of rotatable bonds is 3. The molecular formula is C16H26N2O3. The van der Waals surface area contributed by atoms with E-state index in [0.29, 0.717) is 12.5 Å². The number of hydrogen-bond donors (Lipinski definition) is 0. The Morgan fingerprint density at radius 1 is 1.14 bits per heavy atom. The van der Waals surface area contributed by atoms with Crippen LogP contribution in [0.15, 0.2) is 0 Å². The van der Waals surface area contributed by atoms with Gasteiger partial charge in [-0.05, 0) is 56.9 Å². The predicted octanol–water partition coefficient (Wildman–Crippen LogP) is 1.43. The molecule has 0 radical (unpaired) electrons. The largest absolute Gasteiger partial charge is 0.363 e. The van der Waals surface area contributed by atoms with E-state index in [2.05, 4.69) is 4.90 Å². The van der Waals surface area contributed by atoms with Crippen molar-refractivity contribution in [1.82, 2.24) is 9.96 Å². The zero-order valence-corrected chi connectivity index (χ0v) is 12.7. The molecule has 0 N–H and O–H groups in total. The summed E-state index contributed by atoms with van der Waals surface area (Å²) in [4.78, 5) is 20.5. The molecule has 3 saturated heterocycles. The number of amides is 1. The lowest BCUT2D eigenvalue weighted by atomic mass is 9.91. The van der Waals surface area contributed by atoms with Crippen LogP contribution in [0.4, 0.5) is 0 Å². The van der Waals surface area contributed by atoms with Gasteiger partial charge in [0.25, 0.3) is 5.91 Å². The van der Waals surface area contributed by atoms with Gasteiger partial charge in [0.1, 0.15) is 6.10 Å². The number of piperidine rings is 1. The number of likely N-dealkylation sites (tertiary alicyclic amines) is 1. The first kappa shape index (κ1) is 14.0. The number of fused-ring (bicyclic) bond motifs is 1. The van der Waals surface area contributed by atoms with Gasteiger partial charge in [0.05, 0.1) is 12.7 Å². The molecule has 1 saturated carbocycles. The predicted molar refractivity (Wildman–Crippen MR) is 77.4 cm³/mol. The number of hydrogen-bond acceptors (Lipinski definition) is 4. The number of nitrogens with zero attached hydrogens (tertiary/aromatic N) is 2. The van der Waals surface area contributed by atoms with Gasteiger partial charge in [-0.1, -0.05) is 0 Å². The molecule has 0 aromatic heterocycles. The van der Waals surface area contributed by atoms with E-state index in [0.717, 1.165) is 38.3 Å². The molecule has 0 spiro atoms. The maximum atomic E-state index is 12.5. The summed E-state index contributed by atoms with van der Waals surface area (Å²) in [5, 5.41) is 1.55. The minimum Gasteiger partial charge on any atom is -0.363 e. The Labute approximate surface area is 126 Å². The Bertz CT molecular complexity index is 393. The van der Waals surface area contributed by atoms with E-state index >= 15 is 0 Å². The van der Waals surface area contributed by atoms with Gasteiger partial charge in [-0.25, -0.2) is 5.06 Å². The van der Waals surface area contributed by atoms with Crippen LogP contribution in [0.1, 0.15) is 38.5 Å². The molecule has 5 nitrogen and oxygen atoms in total. The highest BCUT2D eigenvalue weighted by atomic mass is 16.7. The summed E-state index contributed by atoms with van der Waals surface area (Å²) in [6, 6.07) is 0. The van der Waals surface area contributed by atoms with Gasteiger partial charge in [-0.15, -0.1) is 0 Å². The molecule has 1 aliphatic carbocycles. The van der Waals surface area contributed by atoms with E-state index in [1.807, 2.05) is 0 Å². The second kappa shape index (κ2) is 5.86. The molecule has 0 aromatic carbocycles. The maximum absolute atomic E-state index is 12.5. The molecule has 0 aromatic rings. The first-order chi connectivity index (χ1) is 10.3. The molecule has 0 unspecified atom stereocenters. The third-order valence-corrected chi connectivity index (χ3v) is 5.37. The van der Waals surface area contributed by atoms with Gasteiger partial charge in [-0.3, -0.25) is 9.63 Å². The number of carbonyl (C=O) groups excluding carboxylic acids is 1. The third-order valence-electron chi connectivity index (χ3n) is 5.37. The van der Waals surface area contributed by atoms with Crippen LogP contribution in [-0.4, -0.2) is 60.9 Å². The smallest absolute Gasteiger partial charge is 0.275 e. The van der Waals surface area contributed by atoms with Crippen molar-refractivity contribution in [2.75, 3.05) is 32.8 Å². The van der Waals surface area contributed by atoms with E-state index in [1.54, 1.807) is 5.06 Å². The van der Waals surface area contributed by atoms with Crippen LogP contribution in [0, 0.1) is 11.8 Å². The van der Waals surface area contributed by atoms with Crippen molar-refractivity contribution >= 4 is 5.91 Å². The average molecular weight is 294 g/mol. The van der Waals surface area contributed by atoms with Crippen molar-refractivity contribution in [3.63, 3.8) is 0 Å². The number of ether oxygens (including phenoxy) is 1. The van der Waals surface area contributed by atoms with E-state index in [9.17, 15) is 4.79 Å². The van der Waals surface area contributed by atoms with Crippen molar-refractivity contribution in [1.29, 1.82) is 0 Å². The SMILES string of the molecule is O=C([C@@H]1C[C@H]2CCN(CC3CC3)C[C@@H]2O1)N1CCCCO1. The van der Waals surface area contributed by atoms with Crippen LogP contribution in [0.25, 0.3) is 0 Å². The normalized spacial score (nSPS) is 37.5. The molecule has 0 bridgehead atoms. The summed E-state index contributed by atoms with van der Waals surface area (Å²) in [6.45, 7) is 4.83. The van der Waals surface area contributed by atoms with Crippen LogP contribution in [0.5, 0.6) is 0 Å². The molecule has 21 heavy (non-hydrogen) atoms. The quantitative estimate of drug-likeness (QED) is 0.790. The van der Waals surface area contributed by atoms with Crippen LogP contribution >= 0.6 is 0 Å². The van der Waals surface area contributed by atoms with Crippen LogP contribution < -0.4 is 0 Å².